The van der Waals surface area contributed by atoms with Crippen molar-refractivity contribution in [2.45, 2.75) is 17.9 Å². The molecule has 0 aromatic heterocycles. The molecule has 0 spiro atoms. The number of hydrogen-bond donors (Lipinski definition) is 2. The van der Waals surface area contributed by atoms with Gasteiger partial charge in [0.05, 0.1) is 12.7 Å². The summed E-state index contributed by atoms with van der Waals surface area (Å²) in [5.74, 6) is -2.06. The van der Waals surface area contributed by atoms with Gasteiger partial charge in [-0.15, -0.1) is 0 Å². The summed E-state index contributed by atoms with van der Waals surface area (Å²) in [6.07, 6.45) is -1.19. The molecule has 0 aliphatic heterocycles. The van der Waals surface area contributed by atoms with Gasteiger partial charge in [-0.05, 0) is 49.4 Å². The zero-order valence-corrected chi connectivity index (χ0v) is 15.2. The monoisotopic (exact) mass is 396 g/mol. The van der Waals surface area contributed by atoms with Gasteiger partial charge in [-0.1, -0.05) is 0 Å². The largest absolute Gasteiger partial charge is 0.495 e. The molecule has 0 heterocycles. The maximum absolute atomic E-state index is 12.9. The summed E-state index contributed by atoms with van der Waals surface area (Å²) in [5.41, 5.74) is 0.200. The molecule has 1 atom stereocenters. The Morgan fingerprint density at radius 2 is 1.78 bits per heavy atom. The second-order valence-corrected chi connectivity index (χ2v) is 6.98. The van der Waals surface area contributed by atoms with Crippen molar-refractivity contribution in [2.75, 3.05) is 12.4 Å². The number of hydrogen-bond acceptors (Lipinski definition) is 6. The number of benzene rings is 2. The number of nitrogens with one attached hydrogen (secondary N) is 1. The van der Waals surface area contributed by atoms with Crippen molar-refractivity contribution in [1.82, 2.24) is 0 Å². The van der Waals surface area contributed by atoms with Crippen LogP contribution in [0.5, 0.6) is 5.75 Å². The highest BCUT2D eigenvalue weighted by molar-refractivity contribution is 7.89. The third kappa shape index (κ3) is 5.25. The fourth-order valence-electron chi connectivity index (χ4n) is 2.09. The van der Waals surface area contributed by atoms with Crippen LogP contribution in [0.3, 0.4) is 0 Å². The molecule has 2 aromatic rings. The Labute approximate surface area is 155 Å². The van der Waals surface area contributed by atoms with E-state index in [-0.39, 0.29) is 16.2 Å². The van der Waals surface area contributed by atoms with Crippen LogP contribution >= 0.6 is 0 Å². The SMILES string of the molecule is COc1ccc(C(=O)O[C@H](C)C(=O)Nc2ccc(F)cc2)cc1S(N)(=O)=O. The molecule has 10 heteroatoms. The summed E-state index contributed by atoms with van der Waals surface area (Å²) < 4.78 is 46.0. The minimum atomic E-state index is -4.13. The predicted octanol–water partition coefficient (Wildman–Crippen LogP) is 1.67. The Kier molecular flexibility index (Phi) is 6.13. The van der Waals surface area contributed by atoms with Crippen LogP contribution in [0.15, 0.2) is 47.4 Å². The van der Waals surface area contributed by atoms with Gasteiger partial charge in [-0.3, -0.25) is 4.79 Å². The van der Waals surface area contributed by atoms with Crippen LogP contribution in [0.2, 0.25) is 0 Å². The summed E-state index contributed by atoms with van der Waals surface area (Å²) in [4.78, 5) is 23.9. The second-order valence-electron chi connectivity index (χ2n) is 5.45. The van der Waals surface area contributed by atoms with Crippen molar-refractivity contribution in [3.8, 4) is 5.75 Å². The lowest BCUT2D eigenvalue weighted by Crippen LogP contribution is -2.30. The molecule has 0 saturated carbocycles. The summed E-state index contributed by atoms with van der Waals surface area (Å²) in [5, 5.41) is 7.56. The smallest absolute Gasteiger partial charge is 0.338 e. The molecule has 0 bridgehead atoms. The van der Waals surface area contributed by atoms with Crippen molar-refractivity contribution >= 4 is 27.6 Å². The van der Waals surface area contributed by atoms with Gasteiger partial charge in [-0.25, -0.2) is 22.7 Å². The molecule has 0 fully saturated rings. The molecule has 3 N–H and O–H groups in total. The van der Waals surface area contributed by atoms with Crippen LogP contribution in [0, 0.1) is 5.82 Å². The van der Waals surface area contributed by atoms with E-state index in [1.165, 1.54) is 50.4 Å². The number of carbonyl (C=O) groups is 2. The number of primary sulfonamides is 1. The number of carbonyl (C=O) groups excluding carboxylic acids is 2. The van der Waals surface area contributed by atoms with E-state index in [1.54, 1.807) is 0 Å². The lowest BCUT2D eigenvalue weighted by Gasteiger charge is -2.14. The molecular weight excluding hydrogens is 379 g/mol. The highest BCUT2D eigenvalue weighted by Crippen LogP contribution is 2.24. The van der Waals surface area contributed by atoms with Crippen LogP contribution < -0.4 is 15.2 Å². The molecule has 0 aliphatic carbocycles. The van der Waals surface area contributed by atoms with Crippen LogP contribution in [-0.2, 0) is 19.6 Å². The molecule has 27 heavy (non-hydrogen) atoms. The summed E-state index contributed by atoms with van der Waals surface area (Å²) >= 11 is 0. The first-order valence-electron chi connectivity index (χ1n) is 7.60. The zero-order valence-electron chi connectivity index (χ0n) is 14.4. The number of rotatable bonds is 6. The number of sulfonamides is 1. The summed E-state index contributed by atoms with van der Waals surface area (Å²) in [6.45, 7) is 1.33. The van der Waals surface area contributed by atoms with Crippen molar-refractivity contribution in [2.24, 2.45) is 5.14 Å². The van der Waals surface area contributed by atoms with E-state index in [1.807, 2.05) is 0 Å². The lowest BCUT2D eigenvalue weighted by molar-refractivity contribution is -0.123. The van der Waals surface area contributed by atoms with E-state index >= 15 is 0 Å². The maximum atomic E-state index is 12.9. The van der Waals surface area contributed by atoms with E-state index < -0.39 is 33.8 Å². The average Bonchev–Trinajstić information content (AvgIpc) is 2.62. The Morgan fingerprint density at radius 1 is 1.15 bits per heavy atom. The Hall–Kier alpha value is -2.98. The molecule has 0 radical (unpaired) electrons. The fourth-order valence-corrected chi connectivity index (χ4v) is 2.81. The molecule has 0 unspecified atom stereocenters. The fraction of sp³-hybridized carbons (Fsp3) is 0.176. The van der Waals surface area contributed by atoms with Crippen LogP contribution in [-0.4, -0.2) is 33.5 Å². The van der Waals surface area contributed by atoms with E-state index in [4.69, 9.17) is 14.6 Å². The van der Waals surface area contributed by atoms with Crippen molar-refractivity contribution in [3.05, 3.63) is 53.8 Å². The number of halogens is 1. The van der Waals surface area contributed by atoms with Crippen molar-refractivity contribution in [3.63, 3.8) is 0 Å². The first kappa shape index (κ1) is 20.3. The number of ether oxygens (including phenoxy) is 2. The van der Waals surface area contributed by atoms with Crippen molar-refractivity contribution < 1.29 is 31.9 Å². The van der Waals surface area contributed by atoms with Gasteiger partial charge in [-0.2, -0.15) is 0 Å². The molecule has 1 amide bonds. The predicted molar refractivity (Wildman–Crippen MR) is 94.3 cm³/mol. The van der Waals surface area contributed by atoms with Crippen LogP contribution in [0.1, 0.15) is 17.3 Å². The molecule has 2 rings (SSSR count). The van der Waals surface area contributed by atoms with Gasteiger partial charge in [0.25, 0.3) is 5.91 Å². The Morgan fingerprint density at radius 3 is 2.33 bits per heavy atom. The topological polar surface area (TPSA) is 125 Å². The van der Waals surface area contributed by atoms with E-state index in [0.717, 1.165) is 6.07 Å². The van der Waals surface area contributed by atoms with E-state index in [2.05, 4.69) is 5.32 Å². The third-order valence-electron chi connectivity index (χ3n) is 3.47. The van der Waals surface area contributed by atoms with Gasteiger partial charge in [0.1, 0.15) is 16.5 Å². The van der Waals surface area contributed by atoms with Gasteiger partial charge in [0.2, 0.25) is 10.0 Å². The highest BCUT2D eigenvalue weighted by Gasteiger charge is 2.22. The number of esters is 1. The first-order chi connectivity index (χ1) is 12.6. The minimum absolute atomic E-state index is 0.0313. The molecule has 2 aromatic carbocycles. The third-order valence-corrected chi connectivity index (χ3v) is 4.40. The molecule has 8 nitrogen and oxygen atoms in total. The van der Waals surface area contributed by atoms with Gasteiger partial charge in [0.15, 0.2) is 6.10 Å². The maximum Gasteiger partial charge on any atom is 0.338 e. The van der Waals surface area contributed by atoms with Crippen molar-refractivity contribution in [1.29, 1.82) is 0 Å². The number of amides is 1. The number of methoxy groups -OCH3 is 1. The highest BCUT2D eigenvalue weighted by atomic mass is 32.2. The van der Waals surface area contributed by atoms with Crippen LogP contribution in [0.25, 0.3) is 0 Å². The molecule has 0 aliphatic rings. The second kappa shape index (κ2) is 8.14. The van der Waals surface area contributed by atoms with Gasteiger partial charge >= 0.3 is 5.97 Å². The molecule has 0 saturated heterocycles. The first-order valence-corrected chi connectivity index (χ1v) is 9.14. The summed E-state index contributed by atoms with van der Waals surface area (Å²) in [6, 6.07) is 8.56. The van der Waals surface area contributed by atoms with E-state index in [9.17, 15) is 22.4 Å². The quantitative estimate of drug-likeness (QED) is 0.716. The van der Waals surface area contributed by atoms with Gasteiger partial charge in [0, 0.05) is 5.69 Å². The van der Waals surface area contributed by atoms with Crippen LogP contribution in [0.4, 0.5) is 10.1 Å². The van der Waals surface area contributed by atoms with Gasteiger partial charge < -0.3 is 14.8 Å². The average molecular weight is 396 g/mol. The normalized spacial score (nSPS) is 12.1. The number of nitrogens with two attached hydrogens (primary N) is 1. The molecular formula is C17H17FN2O6S. The lowest BCUT2D eigenvalue weighted by atomic mass is 10.2. The Balaban J connectivity index is 2.11. The summed E-state index contributed by atoms with van der Waals surface area (Å²) in [7, 11) is -2.88. The minimum Gasteiger partial charge on any atom is -0.495 e. The standard InChI is InChI=1S/C17H17FN2O6S/c1-10(16(21)20-13-6-4-12(18)5-7-13)26-17(22)11-3-8-14(25-2)15(9-11)27(19,23)24/h3-10H,1-2H3,(H,20,21)(H2,19,23,24)/t10-/m1/s1. The number of anilines is 1. The molecule has 144 valence electrons. The Bertz CT molecular complexity index is 960. The van der Waals surface area contributed by atoms with E-state index in [0.29, 0.717) is 5.69 Å². The zero-order chi connectivity index (χ0) is 20.2.